The fraction of sp³-hybridized carbons (Fsp3) is 0.0962. The molecular weight excluding hydrogens is 681 g/mol. The van der Waals surface area contributed by atoms with Crippen LogP contribution in [-0.4, -0.2) is 19.5 Å². The van der Waals surface area contributed by atoms with E-state index in [0.717, 1.165) is 33.5 Å². The van der Waals surface area contributed by atoms with E-state index in [4.69, 9.17) is 15.0 Å². The van der Waals surface area contributed by atoms with Crippen molar-refractivity contribution in [3.63, 3.8) is 0 Å². The molecule has 0 radical (unpaired) electrons. The fourth-order valence-corrected chi connectivity index (χ4v) is 9.45. The molecule has 0 bridgehead atoms. The van der Waals surface area contributed by atoms with Gasteiger partial charge in [0.1, 0.15) is 11.2 Å². The van der Waals surface area contributed by atoms with Gasteiger partial charge in [0.25, 0.3) is 0 Å². The molecule has 11 rings (SSSR count). The van der Waals surface area contributed by atoms with E-state index < -0.39 is 0 Å². The van der Waals surface area contributed by atoms with Crippen molar-refractivity contribution in [2.24, 2.45) is 0 Å². The van der Waals surface area contributed by atoms with Crippen LogP contribution >= 0.6 is 0 Å². The first-order valence-corrected chi connectivity index (χ1v) is 19.4. The molecule has 3 heterocycles. The summed E-state index contributed by atoms with van der Waals surface area (Å²) in [6.07, 6.45) is 1.83. The Bertz CT molecular complexity index is 3240. The van der Waals surface area contributed by atoms with Crippen molar-refractivity contribution in [1.82, 2.24) is 19.5 Å². The smallest absolute Gasteiger partial charge is 0.160 e. The summed E-state index contributed by atoms with van der Waals surface area (Å²) >= 11 is 0. The zero-order valence-corrected chi connectivity index (χ0v) is 31.8. The van der Waals surface area contributed by atoms with Crippen molar-refractivity contribution in [3.8, 4) is 50.6 Å². The summed E-state index contributed by atoms with van der Waals surface area (Å²) in [4.78, 5) is 15.2. The first-order chi connectivity index (χ1) is 27.4. The lowest BCUT2D eigenvalue weighted by Gasteiger charge is -2.22. The van der Waals surface area contributed by atoms with Crippen molar-refractivity contribution >= 4 is 43.6 Å². The van der Waals surface area contributed by atoms with Gasteiger partial charge in [0.2, 0.25) is 0 Å². The number of benzene rings is 7. The zero-order valence-electron chi connectivity index (χ0n) is 31.8. The molecule has 0 saturated heterocycles. The van der Waals surface area contributed by atoms with Gasteiger partial charge in [-0.3, -0.25) is 4.98 Å². The number of hydrogen-bond donors (Lipinski definition) is 0. The minimum absolute atomic E-state index is 0.117. The van der Waals surface area contributed by atoms with Gasteiger partial charge in [-0.2, -0.15) is 0 Å². The molecule has 4 heteroatoms. The quantitative estimate of drug-likeness (QED) is 0.182. The van der Waals surface area contributed by atoms with Gasteiger partial charge in [-0.1, -0.05) is 117 Å². The standard InChI is InChI=1S/C52H38N4/c1-31-14-5-6-15-36(31)46-32(2)37-16-7-8-18-40(37)47-41-19-10-12-22-45(41)56(50(46)47)35-26-23-33(24-27-35)51-54-44-21-13-29-53-49(44)48(55-51)34-25-28-39-38-17-9-11-20-42(38)52(3,4)43(39)30-34/h5-30H,1-4H3. The van der Waals surface area contributed by atoms with E-state index in [9.17, 15) is 0 Å². The third-order valence-electron chi connectivity index (χ3n) is 12.2. The number of rotatable bonds is 4. The summed E-state index contributed by atoms with van der Waals surface area (Å²) in [5.74, 6) is 0.680. The van der Waals surface area contributed by atoms with Crippen LogP contribution in [0, 0.1) is 13.8 Å². The molecule has 0 atom stereocenters. The Balaban J connectivity index is 1.10. The molecule has 0 spiro atoms. The number of para-hydroxylation sites is 1. The Morgan fingerprint density at radius 3 is 2.05 bits per heavy atom. The van der Waals surface area contributed by atoms with Gasteiger partial charge in [-0.25, -0.2) is 9.97 Å². The Hall–Kier alpha value is -6.91. The van der Waals surface area contributed by atoms with Crippen LogP contribution in [0.5, 0.6) is 0 Å². The van der Waals surface area contributed by atoms with E-state index >= 15 is 0 Å². The molecule has 7 aromatic carbocycles. The highest BCUT2D eigenvalue weighted by atomic mass is 15.0. The molecule has 10 aromatic rings. The van der Waals surface area contributed by atoms with Crippen molar-refractivity contribution in [2.45, 2.75) is 33.1 Å². The average Bonchev–Trinajstić information content (AvgIpc) is 3.70. The van der Waals surface area contributed by atoms with Crippen LogP contribution in [-0.2, 0) is 5.41 Å². The van der Waals surface area contributed by atoms with Gasteiger partial charge < -0.3 is 4.57 Å². The van der Waals surface area contributed by atoms with Crippen molar-refractivity contribution in [3.05, 3.63) is 180 Å². The molecule has 4 nitrogen and oxygen atoms in total. The SMILES string of the molecule is Cc1ccccc1-c1c(C)c2ccccc2c2c3ccccc3n(-c3ccc(-c4nc(-c5ccc6c(c5)C(C)(C)c5ccccc5-6)c5ncccc5n4)cc3)c12. The minimum atomic E-state index is -0.117. The largest absolute Gasteiger partial charge is 0.309 e. The maximum atomic E-state index is 5.28. The van der Waals surface area contributed by atoms with E-state index in [1.54, 1.807) is 0 Å². The predicted octanol–water partition coefficient (Wildman–Crippen LogP) is 13.2. The summed E-state index contributed by atoms with van der Waals surface area (Å²) in [6.45, 7) is 9.12. The molecule has 1 aliphatic carbocycles. The van der Waals surface area contributed by atoms with Crippen LogP contribution in [0.3, 0.4) is 0 Å². The maximum Gasteiger partial charge on any atom is 0.160 e. The fourth-order valence-electron chi connectivity index (χ4n) is 9.45. The maximum absolute atomic E-state index is 5.28. The van der Waals surface area contributed by atoms with Gasteiger partial charge in [0.15, 0.2) is 5.82 Å². The number of aryl methyl sites for hydroxylation is 2. The van der Waals surface area contributed by atoms with Crippen LogP contribution in [0.1, 0.15) is 36.1 Å². The van der Waals surface area contributed by atoms with Crippen LogP contribution in [0.4, 0.5) is 0 Å². The van der Waals surface area contributed by atoms with Crippen LogP contribution < -0.4 is 0 Å². The summed E-state index contributed by atoms with van der Waals surface area (Å²) in [5, 5.41) is 5.08. The Kier molecular flexibility index (Phi) is 6.99. The Morgan fingerprint density at radius 1 is 0.554 bits per heavy atom. The van der Waals surface area contributed by atoms with E-state index in [0.29, 0.717) is 5.82 Å². The number of hydrogen-bond acceptors (Lipinski definition) is 3. The molecule has 0 N–H and O–H groups in total. The second-order valence-electron chi connectivity index (χ2n) is 15.7. The normalized spacial score (nSPS) is 13.1. The molecule has 1 aliphatic rings. The Morgan fingerprint density at radius 2 is 1.23 bits per heavy atom. The average molecular weight is 719 g/mol. The molecule has 56 heavy (non-hydrogen) atoms. The summed E-state index contributed by atoms with van der Waals surface area (Å²) in [6, 6.07) is 54.7. The second kappa shape index (κ2) is 12.0. The third-order valence-corrected chi connectivity index (χ3v) is 12.2. The lowest BCUT2D eigenvalue weighted by atomic mass is 9.82. The van der Waals surface area contributed by atoms with Crippen LogP contribution in [0.2, 0.25) is 0 Å². The molecule has 0 amide bonds. The third kappa shape index (κ3) is 4.62. The number of fused-ring (bicyclic) bond motifs is 9. The van der Waals surface area contributed by atoms with E-state index in [1.165, 1.54) is 77.1 Å². The zero-order chi connectivity index (χ0) is 37.7. The van der Waals surface area contributed by atoms with Crippen LogP contribution in [0.15, 0.2) is 158 Å². The lowest BCUT2D eigenvalue weighted by Crippen LogP contribution is -2.15. The Labute approximate surface area is 325 Å². The first-order valence-electron chi connectivity index (χ1n) is 19.4. The monoisotopic (exact) mass is 718 g/mol. The van der Waals surface area contributed by atoms with E-state index in [2.05, 4.69) is 172 Å². The molecular formula is C52H38N4. The topological polar surface area (TPSA) is 43.6 Å². The summed E-state index contributed by atoms with van der Waals surface area (Å²) in [5.41, 5.74) is 18.2. The number of nitrogens with zero attached hydrogens (tertiary/aromatic N) is 4. The van der Waals surface area contributed by atoms with Gasteiger partial charge in [0.05, 0.1) is 16.6 Å². The van der Waals surface area contributed by atoms with Crippen molar-refractivity contribution in [1.29, 1.82) is 0 Å². The molecule has 0 aliphatic heterocycles. The van der Waals surface area contributed by atoms with E-state index in [1.807, 2.05) is 18.3 Å². The second-order valence-corrected chi connectivity index (χ2v) is 15.7. The van der Waals surface area contributed by atoms with Gasteiger partial charge in [-0.15, -0.1) is 0 Å². The highest BCUT2D eigenvalue weighted by Gasteiger charge is 2.35. The summed E-state index contributed by atoms with van der Waals surface area (Å²) in [7, 11) is 0. The van der Waals surface area contributed by atoms with Crippen molar-refractivity contribution in [2.75, 3.05) is 0 Å². The molecule has 3 aromatic heterocycles. The van der Waals surface area contributed by atoms with Gasteiger partial charge in [-0.05, 0) is 112 Å². The molecule has 0 unspecified atom stereocenters. The first kappa shape index (κ1) is 32.5. The van der Waals surface area contributed by atoms with Gasteiger partial charge in [0, 0.05) is 44.8 Å². The number of pyridine rings is 1. The molecule has 266 valence electrons. The molecule has 0 saturated carbocycles. The number of aromatic nitrogens is 4. The molecule has 0 fully saturated rings. The highest BCUT2D eigenvalue weighted by Crippen LogP contribution is 2.50. The van der Waals surface area contributed by atoms with Gasteiger partial charge >= 0.3 is 0 Å². The highest BCUT2D eigenvalue weighted by molar-refractivity contribution is 6.26. The minimum Gasteiger partial charge on any atom is -0.309 e. The van der Waals surface area contributed by atoms with Crippen LogP contribution in [0.25, 0.3) is 94.2 Å². The van der Waals surface area contributed by atoms with Crippen molar-refractivity contribution < 1.29 is 0 Å². The summed E-state index contributed by atoms with van der Waals surface area (Å²) < 4.78 is 2.45. The lowest BCUT2D eigenvalue weighted by molar-refractivity contribution is 0.660. The van der Waals surface area contributed by atoms with E-state index in [-0.39, 0.29) is 5.41 Å². The predicted molar refractivity (Wildman–Crippen MR) is 233 cm³/mol.